The maximum absolute atomic E-state index is 15.6. The van der Waals surface area contributed by atoms with Crippen molar-refractivity contribution in [2.24, 2.45) is 0 Å². The molecule has 0 bridgehead atoms. The summed E-state index contributed by atoms with van der Waals surface area (Å²) in [6.07, 6.45) is 3.47. The van der Waals surface area contributed by atoms with Gasteiger partial charge in [0.2, 0.25) is 5.88 Å². The van der Waals surface area contributed by atoms with E-state index in [1.54, 1.807) is 53.6 Å². The molecule has 0 aliphatic carbocycles. The Morgan fingerprint density at radius 2 is 2.00 bits per heavy atom. The number of amides is 1. The van der Waals surface area contributed by atoms with Crippen LogP contribution < -0.4 is 9.47 Å². The van der Waals surface area contributed by atoms with Crippen LogP contribution in [0.2, 0.25) is 5.02 Å². The fraction of sp³-hybridized carbons (Fsp3) is 0.379. The summed E-state index contributed by atoms with van der Waals surface area (Å²) in [7, 11) is 1.52. The summed E-state index contributed by atoms with van der Waals surface area (Å²) < 4.78 is 32.4. The summed E-state index contributed by atoms with van der Waals surface area (Å²) in [5.74, 6) is 0.540. The minimum absolute atomic E-state index is 0.0605. The number of benzene rings is 2. The van der Waals surface area contributed by atoms with Gasteiger partial charge in [-0.05, 0) is 68.5 Å². The van der Waals surface area contributed by atoms with E-state index in [2.05, 4.69) is 4.98 Å². The highest BCUT2D eigenvalue weighted by Crippen LogP contribution is 2.36. The van der Waals surface area contributed by atoms with Crippen molar-refractivity contribution < 1.29 is 23.4 Å². The number of carbonyl (C=O) groups is 1. The van der Waals surface area contributed by atoms with Gasteiger partial charge in [0, 0.05) is 30.3 Å². The highest BCUT2D eigenvalue weighted by molar-refractivity contribution is 6.30. The van der Waals surface area contributed by atoms with Gasteiger partial charge in [-0.3, -0.25) is 0 Å². The number of hydrogen-bond acceptors (Lipinski definition) is 5. The van der Waals surface area contributed by atoms with Crippen LogP contribution in [0.5, 0.6) is 11.6 Å². The number of methoxy groups -OCH3 is 1. The minimum atomic E-state index is -0.541. The van der Waals surface area contributed by atoms with Gasteiger partial charge in [-0.1, -0.05) is 35.9 Å². The second-order valence-electron chi connectivity index (χ2n) is 10.1. The number of hydrogen-bond donors (Lipinski definition) is 0. The lowest BCUT2D eigenvalue weighted by molar-refractivity contribution is 0.0186. The van der Waals surface area contributed by atoms with Crippen LogP contribution in [0.3, 0.4) is 0 Å². The molecule has 4 rings (SSSR count). The van der Waals surface area contributed by atoms with Gasteiger partial charge in [0.25, 0.3) is 0 Å². The minimum Gasteiger partial charge on any atom is -0.496 e. The van der Waals surface area contributed by atoms with E-state index in [0.717, 1.165) is 18.4 Å². The fourth-order valence-corrected chi connectivity index (χ4v) is 4.58. The van der Waals surface area contributed by atoms with Crippen LogP contribution in [0.25, 0.3) is 11.1 Å². The van der Waals surface area contributed by atoms with Crippen LogP contribution in [-0.4, -0.2) is 47.9 Å². The molecule has 1 atom stereocenters. The molecule has 196 valence electrons. The summed E-state index contributed by atoms with van der Waals surface area (Å²) in [5.41, 5.74) is 1.84. The van der Waals surface area contributed by atoms with E-state index in [0.29, 0.717) is 52.9 Å². The molecule has 1 aromatic heterocycles. The van der Waals surface area contributed by atoms with Crippen molar-refractivity contribution >= 4 is 17.7 Å². The predicted octanol–water partition coefficient (Wildman–Crippen LogP) is 6.92. The van der Waals surface area contributed by atoms with Gasteiger partial charge in [-0.2, -0.15) is 0 Å². The summed E-state index contributed by atoms with van der Waals surface area (Å²) >= 11 is 6.13. The molecule has 8 heteroatoms. The summed E-state index contributed by atoms with van der Waals surface area (Å²) in [5, 5.41) is 0.524. The van der Waals surface area contributed by atoms with Crippen LogP contribution >= 0.6 is 11.6 Å². The van der Waals surface area contributed by atoms with Crippen molar-refractivity contribution in [2.45, 2.75) is 51.7 Å². The lowest BCUT2D eigenvalue weighted by atomic mass is 9.97. The molecule has 1 aliphatic rings. The molecule has 1 amide bonds. The number of likely N-dealkylation sites (tertiary alicyclic amines) is 1. The Balaban J connectivity index is 1.42. The second kappa shape index (κ2) is 11.4. The quantitative estimate of drug-likeness (QED) is 0.334. The SMILES string of the molecule is COc1ccc(Cc2ccc(OC[C@H]3CCCN3C(=O)OC(C)(C)C)nc2)c(F)c1-c1cccc(Cl)c1. The van der Waals surface area contributed by atoms with Crippen molar-refractivity contribution in [1.82, 2.24) is 9.88 Å². The van der Waals surface area contributed by atoms with E-state index in [1.165, 1.54) is 7.11 Å². The van der Waals surface area contributed by atoms with Crippen molar-refractivity contribution in [2.75, 3.05) is 20.3 Å². The van der Waals surface area contributed by atoms with Gasteiger partial charge in [-0.25, -0.2) is 14.2 Å². The van der Waals surface area contributed by atoms with E-state index >= 15 is 4.39 Å². The zero-order valence-electron chi connectivity index (χ0n) is 21.6. The third-order valence-electron chi connectivity index (χ3n) is 6.14. The third-order valence-corrected chi connectivity index (χ3v) is 6.37. The Bertz CT molecular complexity index is 1240. The van der Waals surface area contributed by atoms with E-state index in [1.807, 2.05) is 26.8 Å². The van der Waals surface area contributed by atoms with Crippen LogP contribution in [0, 0.1) is 5.82 Å². The number of aromatic nitrogens is 1. The molecule has 3 aromatic rings. The summed E-state index contributed by atoms with van der Waals surface area (Å²) in [6.45, 7) is 6.55. The third kappa shape index (κ3) is 6.72. The Kier molecular flexibility index (Phi) is 8.22. The van der Waals surface area contributed by atoms with Gasteiger partial charge in [0.1, 0.15) is 23.8 Å². The highest BCUT2D eigenvalue weighted by Gasteiger charge is 2.32. The molecule has 0 radical (unpaired) electrons. The molecule has 37 heavy (non-hydrogen) atoms. The zero-order chi connectivity index (χ0) is 26.6. The van der Waals surface area contributed by atoms with Crippen molar-refractivity contribution in [3.05, 3.63) is 76.7 Å². The first kappa shape index (κ1) is 26.7. The van der Waals surface area contributed by atoms with Gasteiger partial charge in [0.05, 0.1) is 18.7 Å². The van der Waals surface area contributed by atoms with Crippen molar-refractivity contribution in [1.29, 1.82) is 0 Å². The molecule has 1 aliphatic heterocycles. The predicted molar refractivity (Wildman–Crippen MR) is 142 cm³/mol. The standard InChI is InChI=1S/C29H32ClFN2O4/c1-29(2,3)37-28(34)33-14-6-9-23(33)18-36-25-13-10-19(17-32-25)15-21-11-12-24(35-4)26(27(21)31)20-7-5-8-22(30)16-20/h5,7-8,10-13,16-17,23H,6,9,14-15,18H2,1-4H3/t23-/m1/s1. The van der Waals surface area contributed by atoms with E-state index in [4.69, 9.17) is 25.8 Å². The molecular weight excluding hydrogens is 495 g/mol. The molecule has 0 N–H and O–H groups in total. The maximum Gasteiger partial charge on any atom is 0.410 e. The molecule has 1 fully saturated rings. The first-order chi connectivity index (χ1) is 17.6. The van der Waals surface area contributed by atoms with Crippen LogP contribution in [0.15, 0.2) is 54.7 Å². The van der Waals surface area contributed by atoms with Gasteiger partial charge in [-0.15, -0.1) is 0 Å². The zero-order valence-corrected chi connectivity index (χ0v) is 22.3. The van der Waals surface area contributed by atoms with E-state index < -0.39 is 5.60 Å². The largest absolute Gasteiger partial charge is 0.496 e. The molecule has 0 spiro atoms. The number of rotatable bonds is 7. The molecular formula is C29H32ClFN2O4. The fourth-order valence-electron chi connectivity index (χ4n) is 4.39. The lowest BCUT2D eigenvalue weighted by Crippen LogP contribution is -2.42. The molecule has 6 nitrogen and oxygen atoms in total. The topological polar surface area (TPSA) is 60.9 Å². The first-order valence-corrected chi connectivity index (χ1v) is 12.7. The summed E-state index contributed by atoms with van der Waals surface area (Å²) in [4.78, 5) is 18.6. The molecule has 2 aromatic carbocycles. The van der Waals surface area contributed by atoms with Crippen LogP contribution in [-0.2, 0) is 11.2 Å². The first-order valence-electron chi connectivity index (χ1n) is 12.3. The van der Waals surface area contributed by atoms with Gasteiger partial charge < -0.3 is 19.1 Å². The van der Waals surface area contributed by atoms with Crippen molar-refractivity contribution in [3.8, 4) is 22.8 Å². The average molecular weight is 527 g/mol. The number of ether oxygens (including phenoxy) is 3. The Morgan fingerprint density at radius 1 is 1.19 bits per heavy atom. The lowest BCUT2D eigenvalue weighted by Gasteiger charge is -2.28. The second-order valence-corrected chi connectivity index (χ2v) is 10.5. The van der Waals surface area contributed by atoms with Crippen LogP contribution in [0.1, 0.15) is 44.7 Å². The smallest absolute Gasteiger partial charge is 0.410 e. The number of nitrogens with zero attached hydrogens (tertiary/aromatic N) is 2. The van der Waals surface area contributed by atoms with Crippen LogP contribution in [0.4, 0.5) is 9.18 Å². The molecule has 0 saturated carbocycles. The Hall–Kier alpha value is -3.32. The molecule has 0 unspecified atom stereocenters. The summed E-state index contributed by atoms with van der Waals surface area (Å²) in [6, 6.07) is 14.1. The Labute approximate surface area is 222 Å². The molecule has 1 saturated heterocycles. The van der Waals surface area contributed by atoms with Gasteiger partial charge in [0.15, 0.2) is 0 Å². The number of carbonyl (C=O) groups excluding carboxylic acids is 1. The number of pyridine rings is 1. The van der Waals surface area contributed by atoms with Crippen molar-refractivity contribution in [3.63, 3.8) is 0 Å². The average Bonchev–Trinajstić information content (AvgIpc) is 3.32. The Morgan fingerprint density at radius 3 is 2.68 bits per heavy atom. The molecule has 2 heterocycles. The maximum atomic E-state index is 15.6. The van der Waals surface area contributed by atoms with Gasteiger partial charge >= 0.3 is 6.09 Å². The normalized spacial score (nSPS) is 15.5. The van der Waals surface area contributed by atoms with E-state index in [-0.39, 0.29) is 18.0 Å². The monoisotopic (exact) mass is 526 g/mol. The highest BCUT2D eigenvalue weighted by atomic mass is 35.5. The number of halogens is 2. The van der Waals surface area contributed by atoms with E-state index in [9.17, 15) is 4.79 Å².